The molecule has 3 nitrogen and oxygen atoms in total. The van der Waals surface area contributed by atoms with E-state index in [0.29, 0.717) is 5.69 Å². The lowest BCUT2D eigenvalue weighted by Gasteiger charge is -1.93. The van der Waals surface area contributed by atoms with Gasteiger partial charge in [-0.1, -0.05) is 11.2 Å². The zero-order valence-electron chi connectivity index (χ0n) is 6.06. The molecule has 0 aliphatic heterocycles. The SMILES string of the molecule is Cc1cccnc1C=NO.I. The molecule has 1 aromatic rings. The molecule has 0 fully saturated rings. The summed E-state index contributed by atoms with van der Waals surface area (Å²) in [5, 5.41) is 11.1. The first-order chi connectivity index (χ1) is 4.84. The van der Waals surface area contributed by atoms with Gasteiger partial charge in [-0.2, -0.15) is 0 Å². The van der Waals surface area contributed by atoms with Crippen LogP contribution in [-0.2, 0) is 0 Å². The largest absolute Gasteiger partial charge is 0.411 e. The van der Waals surface area contributed by atoms with Gasteiger partial charge >= 0.3 is 0 Å². The molecule has 0 atom stereocenters. The van der Waals surface area contributed by atoms with Crippen LogP contribution in [0.25, 0.3) is 0 Å². The number of oxime groups is 1. The molecule has 0 unspecified atom stereocenters. The maximum absolute atomic E-state index is 8.17. The van der Waals surface area contributed by atoms with E-state index in [-0.39, 0.29) is 24.0 Å². The molecular weight excluding hydrogens is 255 g/mol. The summed E-state index contributed by atoms with van der Waals surface area (Å²) in [6.07, 6.45) is 2.97. The molecule has 0 spiro atoms. The van der Waals surface area contributed by atoms with E-state index in [1.165, 1.54) is 6.21 Å². The lowest BCUT2D eigenvalue weighted by molar-refractivity contribution is 0.321. The van der Waals surface area contributed by atoms with Gasteiger partial charge in [0.15, 0.2) is 0 Å². The monoisotopic (exact) mass is 264 g/mol. The molecule has 0 radical (unpaired) electrons. The van der Waals surface area contributed by atoms with Crippen LogP contribution in [0.5, 0.6) is 0 Å². The summed E-state index contributed by atoms with van der Waals surface area (Å²) in [5.41, 5.74) is 1.70. The summed E-state index contributed by atoms with van der Waals surface area (Å²) in [7, 11) is 0. The van der Waals surface area contributed by atoms with Gasteiger partial charge < -0.3 is 5.21 Å². The predicted molar refractivity (Wildman–Crippen MR) is 53.8 cm³/mol. The summed E-state index contributed by atoms with van der Waals surface area (Å²) in [6, 6.07) is 3.74. The van der Waals surface area contributed by atoms with Crippen molar-refractivity contribution in [1.82, 2.24) is 4.98 Å². The number of rotatable bonds is 1. The van der Waals surface area contributed by atoms with E-state index in [2.05, 4.69) is 10.1 Å². The Labute approximate surface area is 82.2 Å². The average Bonchev–Trinajstić information content (AvgIpc) is 1.94. The molecule has 0 amide bonds. The van der Waals surface area contributed by atoms with E-state index < -0.39 is 0 Å². The first kappa shape index (κ1) is 10.3. The fourth-order valence-corrected chi connectivity index (χ4v) is 0.688. The summed E-state index contributed by atoms with van der Waals surface area (Å²) >= 11 is 0. The van der Waals surface area contributed by atoms with Crippen molar-refractivity contribution < 1.29 is 5.21 Å². The van der Waals surface area contributed by atoms with Crippen LogP contribution in [0.15, 0.2) is 23.5 Å². The van der Waals surface area contributed by atoms with Gasteiger partial charge in [-0.25, -0.2) is 0 Å². The molecule has 0 aliphatic rings. The Kier molecular flexibility index (Phi) is 4.76. The highest BCUT2D eigenvalue weighted by Crippen LogP contribution is 1.98. The highest BCUT2D eigenvalue weighted by molar-refractivity contribution is 14.0. The van der Waals surface area contributed by atoms with Crippen molar-refractivity contribution in [2.24, 2.45) is 5.16 Å². The number of aryl methyl sites for hydroxylation is 1. The number of hydrogen-bond acceptors (Lipinski definition) is 3. The lowest BCUT2D eigenvalue weighted by Crippen LogP contribution is -1.89. The molecule has 1 heterocycles. The van der Waals surface area contributed by atoms with Gasteiger partial charge in [0.2, 0.25) is 0 Å². The summed E-state index contributed by atoms with van der Waals surface area (Å²) < 4.78 is 0. The lowest BCUT2D eigenvalue weighted by atomic mass is 10.2. The molecule has 1 aromatic heterocycles. The normalized spacial score (nSPS) is 9.55. The Hall–Kier alpha value is -0.650. The van der Waals surface area contributed by atoms with Crippen LogP contribution < -0.4 is 0 Å². The van der Waals surface area contributed by atoms with Gasteiger partial charge in [-0.15, -0.1) is 24.0 Å². The molecule has 0 aliphatic carbocycles. The third-order valence-electron chi connectivity index (χ3n) is 1.23. The fourth-order valence-electron chi connectivity index (χ4n) is 0.688. The van der Waals surface area contributed by atoms with Gasteiger partial charge in [0.05, 0.1) is 11.9 Å². The molecule has 11 heavy (non-hydrogen) atoms. The fraction of sp³-hybridized carbons (Fsp3) is 0.143. The minimum Gasteiger partial charge on any atom is -0.411 e. The van der Waals surface area contributed by atoms with Crippen LogP contribution in [0.1, 0.15) is 11.3 Å². The van der Waals surface area contributed by atoms with Crippen LogP contribution >= 0.6 is 24.0 Å². The minimum absolute atomic E-state index is 0. The Balaban J connectivity index is 0.000001000. The van der Waals surface area contributed by atoms with E-state index >= 15 is 0 Å². The van der Waals surface area contributed by atoms with Crippen molar-refractivity contribution in [3.8, 4) is 0 Å². The van der Waals surface area contributed by atoms with E-state index in [1.807, 2.05) is 19.1 Å². The maximum Gasteiger partial charge on any atom is 0.0920 e. The van der Waals surface area contributed by atoms with Crippen LogP contribution in [0.2, 0.25) is 0 Å². The highest BCUT2D eigenvalue weighted by Gasteiger charge is 1.91. The van der Waals surface area contributed by atoms with E-state index in [9.17, 15) is 0 Å². The van der Waals surface area contributed by atoms with Crippen molar-refractivity contribution in [3.63, 3.8) is 0 Å². The van der Waals surface area contributed by atoms with Crippen LogP contribution in [0.3, 0.4) is 0 Å². The summed E-state index contributed by atoms with van der Waals surface area (Å²) in [4.78, 5) is 3.96. The number of nitrogens with zero attached hydrogens (tertiary/aromatic N) is 2. The van der Waals surface area contributed by atoms with Crippen molar-refractivity contribution >= 4 is 30.2 Å². The second kappa shape index (κ2) is 5.06. The van der Waals surface area contributed by atoms with Crippen molar-refractivity contribution in [3.05, 3.63) is 29.6 Å². The second-order valence-corrected chi connectivity index (χ2v) is 1.95. The van der Waals surface area contributed by atoms with Crippen LogP contribution in [0.4, 0.5) is 0 Å². The molecule has 4 heteroatoms. The first-order valence-electron chi connectivity index (χ1n) is 2.93. The highest BCUT2D eigenvalue weighted by atomic mass is 127. The van der Waals surface area contributed by atoms with Gasteiger partial charge in [0.1, 0.15) is 0 Å². The van der Waals surface area contributed by atoms with Crippen LogP contribution in [-0.4, -0.2) is 16.4 Å². The first-order valence-corrected chi connectivity index (χ1v) is 2.93. The molecule has 0 saturated heterocycles. The smallest absolute Gasteiger partial charge is 0.0920 e. The van der Waals surface area contributed by atoms with Gasteiger partial charge in [-0.05, 0) is 18.6 Å². The molecule has 0 aromatic carbocycles. The van der Waals surface area contributed by atoms with E-state index in [1.54, 1.807) is 6.20 Å². The van der Waals surface area contributed by atoms with E-state index in [0.717, 1.165) is 5.56 Å². The Morgan fingerprint density at radius 1 is 1.64 bits per heavy atom. The zero-order valence-corrected chi connectivity index (χ0v) is 8.39. The molecular formula is C7H9IN2O. The number of pyridine rings is 1. The predicted octanol–water partition coefficient (Wildman–Crippen LogP) is 1.82. The van der Waals surface area contributed by atoms with Crippen molar-refractivity contribution in [2.45, 2.75) is 6.92 Å². The van der Waals surface area contributed by atoms with Crippen molar-refractivity contribution in [2.75, 3.05) is 0 Å². The standard InChI is InChI=1S/C7H8N2O.HI/c1-6-3-2-4-8-7(6)5-9-10;/h2-5,10H,1H3;1H. The third kappa shape index (κ3) is 2.83. The molecule has 1 rings (SSSR count). The Morgan fingerprint density at radius 2 is 2.36 bits per heavy atom. The number of hydrogen-bond donors (Lipinski definition) is 1. The molecule has 60 valence electrons. The maximum atomic E-state index is 8.17. The number of halogens is 1. The summed E-state index contributed by atoms with van der Waals surface area (Å²) in [6.45, 7) is 1.91. The van der Waals surface area contributed by atoms with Gasteiger partial charge in [0.25, 0.3) is 0 Å². The third-order valence-corrected chi connectivity index (χ3v) is 1.23. The number of aromatic nitrogens is 1. The minimum atomic E-state index is 0. The van der Waals surface area contributed by atoms with Gasteiger partial charge in [-0.3, -0.25) is 4.98 Å². The van der Waals surface area contributed by atoms with Crippen molar-refractivity contribution in [1.29, 1.82) is 0 Å². The Morgan fingerprint density at radius 3 is 2.91 bits per heavy atom. The zero-order chi connectivity index (χ0) is 7.40. The molecule has 1 N–H and O–H groups in total. The quantitative estimate of drug-likeness (QED) is 0.364. The van der Waals surface area contributed by atoms with Crippen LogP contribution in [0, 0.1) is 6.92 Å². The van der Waals surface area contributed by atoms with Gasteiger partial charge in [0, 0.05) is 6.20 Å². The second-order valence-electron chi connectivity index (χ2n) is 1.95. The average molecular weight is 264 g/mol. The summed E-state index contributed by atoms with van der Waals surface area (Å²) in [5.74, 6) is 0. The molecule has 0 bridgehead atoms. The molecule has 0 saturated carbocycles. The Bertz CT molecular complexity index is 250. The van der Waals surface area contributed by atoms with E-state index in [4.69, 9.17) is 5.21 Å². The topological polar surface area (TPSA) is 45.5 Å².